The zero-order valence-corrected chi connectivity index (χ0v) is 47.5. The van der Waals surface area contributed by atoms with Gasteiger partial charge in [0.05, 0.1) is 0 Å². The Morgan fingerprint density at radius 1 is 0.286 bits per heavy atom. The van der Waals surface area contributed by atoms with E-state index in [1.807, 2.05) is 0 Å². The molecule has 0 aromatic rings. The predicted octanol–water partition coefficient (Wildman–Crippen LogP) is 18.0. The molecule has 0 N–H and O–H groups in total. The van der Waals surface area contributed by atoms with E-state index in [1.54, 1.807) is 35.3 Å². The first kappa shape index (κ1) is 63.3. The third-order valence-electron chi connectivity index (χ3n) is 12.0. The summed E-state index contributed by atoms with van der Waals surface area (Å²) in [4.78, 5) is 40.5. The van der Waals surface area contributed by atoms with E-state index in [-0.39, 0.29) is 17.3 Å². The van der Waals surface area contributed by atoms with Gasteiger partial charge < -0.3 is 0 Å². The van der Waals surface area contributed by atoms with E-state index < -0.39 is 37.5 Å². The maximum absolute atomic E-state index is 13.5. The van der Waals surface area contributed by atoms with Gasteiger partial charge in [0.25, 0.3) is 0 Å². The van der Waals surface area contributed by atoms with Crippen molar-refractivity contribution >= 4 is 72.8 Å². The molecule has 0 bridgehead atoms. The molecule has 0 aromatic heterocycles. The first-order valence-corrected chi connectivity index (χ1v) is 36.3. The van der Waals surface area contributed by atoms with Crippen LogP contribution in [0.5, 0.6) is 0 Å². The van der Waals surface area contributed by atoms with E-state index in [4.69, 9.17) is 9.22 Å². The Labute approximate surface area is 410 Å². The van der Waals surface area contributed by atoms with E-state index in [0.717, 1.165) is 62.2 Å². The summed E-state index contributed by atoms with van der Waals surface area (Å²) >= 11 is -0.186. The monoisotopic (exact) mass is 1050 g/mol. The Kier molecular flexibility index (Phi) is 51.9. The van der Waals surface area contributed by atoms with Crippen molar-refractivity contribution < 1.29 is 23.6 Å². The van der Waals surface area contributed by atoms with Crippen LogP contribution in [0.4, 0.5) is 0 Å². The molecule has 0 radical (unpaired) electrons. The van der Waals surface area contributed by atoms with Crippen LogP contribution in [0.1, 0.15) is 278 Å². The smallest absolute Gasteiger partial charge is 0.0654 e. The summed E-state index contributed by atoms with van der Waals surface area (Å²) in [5.41, 5.74) is 0. The molecule has 6 nitrogen and oxygen atoms in total. The summed E-state index contributed by atoms with van der Waals surface area (Å²) < 4.78 is 19.0. The molecule has 0 heterocycles. The Balaban J connectivity index is 5.13. The molecule has 0 fully saturated rings. The van der Waals surface area contributed by atoms with E-state index in [2.05, 4.69) is 27.7 Å². The van der Waals surface area contributed by atoms with Crippen LogP contribution < -0.4 is 0 Å². The van der Waals surface area contributed by atoms with Crippen LogP contribution in [-0.4, -0.2) is 72.0 Å². The molecule has 0 spiro atoms. The van der Waals surface area contributed by atoms with Gasteiger partial charge in [-0.15, -0.1) is 0 Å². The number of unbranched alkanes of at least 4 members (excludes halogenated alkanes) is 35. The second-order valence-electron chi connectivity index (χ2n) is 18.4. The Morgan fingerprint density at radius 2 is 0.476 bits per heavy atom. The van der Waals surface area contributed by atoms with Crippen molar-refractivity contribution in [3.63, 3.8) is 0 Å². The third-order valence-corrected chi connectivity index (χ3v) is 22.4. The van der Waals surface area contributed by atoms with Crippen LogP contribution in [0.25, 0.3) is 0 Å². The van der Waals surface area contributed by atoms with Crippen molar-refractivity contribution in [2.24, 2.45) is 0 Å². The molecule has 374 valence electrons. The summed E-state index contributed by atoms with van der Waals surface area (Å²) in [5.74, 6) is 2.11. The van der Waals surface area contributed by atoms with Crippen LogP contribution in [0, 0.1) is 0 Å². The van der Waals surface area contributed by atoms with Crippen LogP contribution in [0.2, 0.25) is 4.44 Å². The fourth-order valence-corrected chi connectivity index (χ4v) is 18.0. The van der Waals surface area contributed by atoms with Gasteiger partial charge in [0, 0.05) is 0 Å². The number of hydrogen-bond acceptors (Lipinski definition) is 9. The van der Waals surface area contributed by atoms with Crippen LogP contribution >= 0.6 is 35.3 Å². The number of carbonyl (C=O) groups is 3. The second-order valence-corrected chi connectivity index (χ2v) is 28.8. The third kappa shape index (κ3) is 47.1. The number of hydrogen-bond donors (Lipinski definition) is 0. The fraction of sp³-hybridized carbons (Fsp3) is 0.943. The van der Waals surface area contributed by atoms with Crippen LogP contribution in [0.3, 0.4) is 0 Å². The second kappa shape index (κ2) is 51.6. The van der Waals surface area contributed by atoms with Crippen molar-refractivity contribution in [2.45, 2.75) is 283 Å². The molecule has 0 atom stereocenters. The van der Waals surface area contributed by atoms with Gasteiger partial charge in [-0.1, -0.05) is 97.8 Å². The molecular formula is C53H104O6S3Sn. The number of rotatable bonds is 52. The van der Waals surface area contributed by atoms with E-state index in [9.17, 15) is 14.4 Å². The van der Waals surface area contributed by atoms with E-state index >= 15 is 0 Å². The van der Waals surface area contributed by atoms with Gasteiger partial charge in [-0.25, -0.2) is 0 Å². The first-order chi connectivity index (χ1) is 30.9. The number of carbonyl (C=O) groups excluding carboxylic acids is 3. The Hall–Kier alpha value is 0.259. The molecule has 0 saturated carbocycles. The molecular weight excluding hydrogens is 947 g/mol. The van der Waals surface area contributed by atoms with E-state index in [1.165, 1.54) is 205 Å². The maximum atomic E-state index is 13.5. The average molecular weight is 1050 g/mol. The van der Waals surface area contributed by atoms with E-state index in [0.29, 0.717) is 4.44 Å². The minimum atomic E-state index is -4.95. The van der Waals surface area contributed by atoms with Crippen LogP contribution in [0.15, 0.2) is 0 Å². The molecule has 0 aliphatic carbocycles. The molecule has 0 amide bonds. The molecule has 0 saturated heterocycles. The zero-order chi connectivity index (χ0) is 46.0. The number of thioether (sulfide) groups is 3. The van der Waals surface area contributed by atoms with Crippen molar-refractivity contribution in [2.75, 3.05) is 34.5 Å². The Bertz CT molecular complexity index is 881. The van der Waals surface area contributed by atoms with Crippen molar-refractivity contribution in [1.82, 2.24) is 0 Å². The topological polar surface area (TPSA) is 78.9 Å². The minimum absolute atomic E-state index is 0.198. The Morgan fingerprint density at radius 3 is 0.698 bits per heavy atom. The molecule has 10 heteroatoms. The van der Waals surface area contributed by atoms with Gasteiger partial charge >= 0.3 is 316 Å². The SMILES string of the molecule is CCCCCCCCCCCCCSCC(=O)[O][Sn]([CH2]CCCCCCC)([O]C(=O)CSCCCCCCCCCCCCC)[O]C(=O)CSCCCCCCCCCCCCC. The molecule has 0 aromatic carbocycles. The van der Waals surface area contributed by atoms with Gasteiger partial charge in [0.2, 0.25) is 0 Å². The molecule has 0 aliphatic rings. The predicted molar refractivity (Wildman–Crippen MR) is 284 cm³/mol. The van der Waals surface area contributed by atoms with Crippen LogP contribution in [-0.2, 0) is 23.6 Å². The van der Waals surface area contributed by atoms with Gasteiger partial charge in [-0.05, 0) is 0 Å². The normalized spacial score (nSPS) is 11.6. The van der Waals surface area contributed by atoms with Crippen molar-refractivity contribution in [1.29, 1.82) is 0 Å². The van der Waals surface area contributed by atoms with Gasteiger partial charge in [0.15, 0.2) is 0 Å². The summed E-state index contributed by atoms with van der Waals surface area (Å²) in [5, 5.41) is 0. The van der Waals surface area contributed by atoms with Crippen molar-refractivity contribution in [3.05, 3.63) is 0 Å². The quantitative estimate of drug-likeness (QED) is 0.0437. The first-order valence-electron chi connectivity index (χ1n) is 27.3. The standard InChI is InChI=1S/3C15H30O2S.C8H17.Sn/c3*1-2-3-4-5-6-7-8-9-10-11-12-13-18-14-15(16)17;1-3-5-7-8-6-4-2;/h3*2-14H2,1H3,(H,16,17);1,3-8H2,2H3;/q;;;;+3/p-3. The molecule has 0 aliphatic heterocycles. The zero-order valence-electron chi connectivity index (χ0n) is 42.2. The summed E-state index contributed by atoms with van der Waals surface area (Å²) in [6, 6.07) is 0. The summed E-state index contributed by atoms with van der Waals surface area (Å²) in [6.45, 7) is 9.01. The minimum Gasteiger partial charge on any atom is -0.0654 e. The molecule has 0 unspecified atom stereocenters. The van der Waals surface area contributed by atoms with Gasteiger partial charge in [-0.2, -0.15) is 0 Å². The van der Waals surface area contributed by atoms with Gasteiger partial charge in [-0.3, -0.25) is 0 Å². The summed E-state index contributed by atoms with van der Waals surface area (Å²) in [6.07, 6.45) is 49.1. The van der Waals surface area contributed by atoms with Crippen molar-refractivity contribution in [3.8, 4) is 0 Å². The average Bonchev–Trinajstić information content (AvgIpc) is 3.27. The molecule has 63 heavy (non-hydrogen) atoms. The fourth-order valence-electron chi connectivity index (χ4n) is 8.02. The molecule has 0 rings (SSSR count). The summed E-state index contributed by atoms with van der Waals surface area (Å²) in [7, 11) is 0. The van der Waals surface area contributed by atoms with Gasteiger partial charge in [0.1, 0.15) is 0 Å².